The number of ether oxygens (including phenoxy) is 2. The average molecular weight is 212 g/mol. The van der Waals surface area contributed by atoms with Gasteiger partial charge in [-0.25, -0.2) is 4.79 Å². The summed E-state index contributed by atoms with van der Waals surface area (Å²) in [5.41, 5.74) is 0. The zero-order valence-electron chi connectivity index (χ0n) is 8.77. The van der Waals surface area contributed by atoms with Gasteiger partial charge in [0.1, 0.15) is 5.82 Å². The van der Waals surface area contributed by atoms with Gasteiger partial charge in [-0.1, -0.05) is 6.92 Å². The van der Waals surface area contributed by atoms with Crippen molar-refractivity contribution >= 4 is 12.0 Å². The number of nitrogens with one attached hydrogen (secondary N) is 1. The molecular weight excluding hydrogens is 200 g/mol. The number of rotatable bonds is 3. The highest BCUT2D eigenvalue weighted by molar-refractivity contribution is 5.81. The van der Waals surface area contributed by atoms with E-state index in [1.54, 1.807) is 0 Å². The van der Waals surface area contributed by atoms with Crippen LogP contribution in [0.2, 0.25) is 0 Å². The molecule has 0 unspecified atom stereocenters. The lowest BCUT2D eigenvalue weighted by Gasteiger charge is -2.05. The molecule has 1 amide bonds. The molecule has 0 fully saturated rings. The van der Waals surface area contributed by atoms with Crippen molar-refractivity contribution < 1.29 is 14.3 Å². The molecule has 0 saturated heterocycles. The minimum absolute atomic E-state index is 0.116. The topological polar surface area (TPSA) is 86.2 Å². The van der Waals surface area contributed by atoms with Gasteiger partial charge in [0.05, 0.1) is 14.2 Å². The monoisotopic (exact) mass is 212 g/mol. The Balaban J connectivity index is 2.91. The maximum atomic E-state index is 10.9. The first kappa shape index (κ1) is 11.2. The molecule has 0 aliphatic rings. The van der Waals surface area contributed by atoms with Gasteiger partial charge in [0.25, 0.3) is 0 Å². The molecule has 0 saturated carbocycles. The van der Waals surface area contributed by atoms with E-state index in [2.05, 4.69) is 25.0 Å². The summed E-state index contributed by atoms with van der Waals surface area (Å²) in [4.78, 5) is 22.7. The molecule has 0 aliphatic carbocycles. The lowest BCUT2D eigenvalue weighted by Crippen LogP contribution is -2.15. The van der Waals surface area contributed by atoms with Crippen LogP contribution < -0.4 is 10.1 Å². The Labute approximate surface area is 86.9 Å². The van der Waals surface area contributed by atoms with Crippen LogP contribution >= 0.6 is 0 Å². The van der Waals surface area contributed by atoms with E-state index in [1.165, 1.54) is 14.2 Å². The Morgan fingerprint density at radius 2 is 2.07 bits per heavy atom. The summed E-state index contributed by atoms with van der Waals surface area (Å²) >= 11 is 0. The zero-order valence-corrected chi connectivity index (χ0v) is 8.77. The molecule has 1 heterocycles. The molecule has 1 aromatic rings. The highest BCUT2D eigenvalue weighted by Gasteiger charge is 2.08. The van der Waals surface area contributed by atoms with Gasteiger partial charge in [-0.15, -0.1) is 0 Å². The number of amides is 1. The average Bonchev–Trinajstić information content (AvgIpc) is 2.28. The highest BCUT2D eigenvalue weighted by Crippen LogP contribution is 2.07. The largest absolute Gasteiger partial charge is 0.467 e. The standard InChI is InChI=1S/C8H12N4O3/c1-4-5-9-6(12-8(13)15-3)11-7(10-5)14-2/h4H2,1-3H3,(H,9,10,11,12,13). The van der Waals surface area contributed by atoms with E-state index in [9.17, 15) is 4.79 Å². The van der Waals surface area contributed by atoms with E-state index in [0.717, 1.165) is 0 Å². The smallest absolute Gasteiger partial charge is 0.413 e. The van der Waals surface area contributed by atoms with Gasteiger partial charge in [-0.05, 0) is 0 Å². The molecule has 0 radical (unpaired) electrons. The fourth-order valence-corrected chi connectivity index (χ4v) is 0.846. The second-order valence-corrected chi connectivity index (χ2v) is 2.53. The third-order valence-electron chi connectivity index (χ3n) is 1.56. The molecule has 15 heavy (non-hydrogen) atoms. The van der Waals surface area contributed by atoms with Crippen molar-refractivity contribution in [2.45, 2.75) is 13.3 Å². The zero-order chi connectivity index (χ0) is 11.3. The Kier molecular flexibility index (Phi) is 3.78. The summed E-state index contributed by atoms with van der Waals surface area (Å²) in [6.45, 7) is 1.89. The van der Waals surface area contributed by atoms with Crippen LogP contribution in [0.3, 0.4) is 0 Å². The van der Waals surface area contributed by atoms with Gasteiger partial charge >= 0.3 is 12.1 Å². The summed E-state index contributed by atoms with van der Waals surface area (Å²) in [7, 11) is 2.70. The van der Waals surface area contributed by atoms with Crippen LogP contribution in [0.4, 0.5) is 10.7 Å². The van der Waals surface area contributed by atoms with Gasteiger partial charge in [0, 0.05) is 6.42 Å². The Morgan fingerprint density at radius 3 is 2.60 bits per heavy atom. The lowest BCUT2D eigenvalue weighted by atomic mass is 10.5. The second kappa shape index (κ2) is 5.08. The van der Waals surface area contributed by atoms with Crippen LogP contribution in [-0.2, 0) is 11.2 Å². The molecule has 0 spiro atoms. The Bertz CT molecular complexity index is 333. The van der Waals surface area contributed by atoms with Gasteiger partial charge in [-0.3, -0.25) is 5.32 Å². The number of nitrogens with zero attached hydrogens (tertiary/aromatic N) is 3. The minimum Gasteiger partial charge on any atom is -0.467 e. The van der Waals surface area contributed by atoms with Crippen molar-refractivity contribution in [3.05, 3.63) is 5.82 Å². The van der Waals surface area contributed by atoms with Gasteiger partial charge in [-0.2, -0.15) is 15.0 Å². The van der Waals surface area contributed by atoms with E-state index < -0.39 is 6.09 Å². The second-order valence-electron chi connectivity index (χ2n) is 2.53. The summed E-state index contributed by atoms with van der Waals surface area (Å²) in [5, 5.41) is 2.34. The van der Waals surface area contributed by atoms with Gasteiger partial charge in [0.2, 0.25) is 5.95 Å². The molecule has 0 aliphatic heterocycles. The van der Waals surface area contributed by atoms with Gasteiger partial charge < -0.3 is 9.47 Å². The van der Waals surface area contributed by atoms with Crippen LogP contribution in [0, 0.1) is 0 Å². The third kappa shape index (κ3) is 3.04. The van der Waals surface area contributed by atoms with Crippen LogP contribution in [-0.4, -0.2) is 35.3 Å². The number of methoxy groups -OCH3 is 2. The van der Waals surface area contributed by atoms with E-state index in [1.807, 2.05) is 6.92 Å². The predicted octanol–water partition coefficient (Wildman–Crippen LogP) is 0.621. The normalized spacial score (nSPS) is 9.53. The molecule has 82 valence electrons. The summed E-state index contributed by atoms with van der Waals surface area (Å²) in [5.74, 6) is 0.652. The van der Waals surface area contributed by atoms with E-state index in [0.29, 0.717) is 12.2 Å². The fraction of sp³-hybridized carbons (Fsp3) is 0.500. The molecule has 0 aromatic carbocycles. The van der Waals surface area contributed by atoms with E-state index >= 15 is 0 Å². The van der Waals surface area contributed by atoms with E-state index in [4.69, 9.17) is 4.74 Å². The predicted molar refractivity (Wildman–Crippen MR) is 51.8 cm³/mol. The molecule has 1 rings (SSSR count). The maximum absolute atomic E-state index is 10.9. The maximum Gasteiger partial charge on any atom is 0.413 e. The molecule has 0 bridgehead atoms. The highest BCUT2D eigenvalue weighted by atomic mass is 16.5. The Morgan fingerprint density at radius 1 is 1.33 bits per heavy atom. The van der Waals surface area contributed by atoms with Crippen LogP contribution in [0.1, 0.15) is 12.7 Å². The first-order chi connectivity index (χ1) is 7.19. The van der Waals surface area contributed by atoms with Crippen molar-refractivity contribution in [2.24, 2.45) is 0 Å². The molecule has 1 N–H and O–H groups in total. The molecular formula is C8H12N4O3. The van der Waals surface area contributed by atoms with Crippen molar-refractivity contribution in [1.29, 1.82) is 0 Å². The van der Waals surface area contributed by atoms with Crippen LogP contribution in [0.5, 0.6) is 6.01 Å². The van der Waals surface area contributed by atoms with Crippen molar-refractivity contribution in [1.82, 2.24) is 15.0 Å². The number of aromatic nitrogens is 3. The van der Waals surface area contributed by atoms with Gasteiger partial charge in [0.15, 0.2) is 0 Å². The molecule has 0 atom stereocenters. The first-order valence-corrected chi connectivity index (χ1v) is 4.33. The number of carbonyl (C=O) groups excluding carboxylic acids is 1. The van der Waals surface area contributed by atoms with E-state index in [-0.39, 0.29) is 12.0 Å². The number of aryl methyl sites for hydroxylation is 1. The van der Waals surface area contributed by atoms with Crippen LogP contribution in [0.25, 0.3) is 0 Å². The lowest BCUT2D eigenvalue weighted by molar-refractivity contribution is 0.186. The number of hydrogen-bond acceptors (Lipinski definition) is 6. The molecule has 7 heteroatoms. The first-order valence-electron chi connectivity index (χ1n) is 4.33. The van der Waals surface area contributed by atoms with Crippen molar-refractivity contribution in [2.75, 3.05) is 19.5 Å². The SMILES string of the molecule is CCc1nc(NC(=O)OC)nc(OC)n1. The van der Waals surface area contributed by atoms with Crippen LogP contribution in [0.15, 0.2) is 0 Å². The fourth-order valence-electron chi connectivity index (χ4n) is 0.846. The third-order valence-corrected chi connectivity index (χ3v) is 1.56. The van der Waals surface area contributed by atoms with Crippen molar-refractivity contribution in [3.8, 4) is 6.01 Å². The molecule has 1 aromatic heterocycles. The summed E-state index contributed by atoms with van der Waals surface area (Å²) in [6, 6.07) is 0.160. The molecule has 7 nitrogen and oxygen atoms in total. The summed E-state index contributed by atoms with van der Waals surface area (Å²) < 4.78 is 9.27. The minimum atomic E-state index is -0.634. The number of hydrogen-bond donors (Lipinski definition) is 1. The van der Waals surface area contributed by atoms with Crippen molar-refractivity contribution in [3.63, 3.8) is 0 Å². The summed E-state index contributed by atoms with van der Waals surface area (Å²) in [6.07, 6.45) is -0.0142. The quantitative estimate of drug-likeness (QED) is 0.790. The number of anilines is 1. The number of carbonyl (C=O) groups is 1. The Hall–Kier alpha value is -1.92.